The van der Waals surface area contributed by atoms with E-state index in [1.807, 2.05) is 0 Å². The fraction of sp³-hybridized carbons (Fsp3) is 0.154. The van der Waals surface area contributed by atoms with Crippen LogP contribution in [0.4, 0.5) is 0 Å². The first-order valence-electron chi connectivity index (χ1n) is 5.66. The Morgan fingerprint density at radius 2 is 1.85 bits per heavy atom. The number of rotatable bonds is 4. The lowest BCUT2D eigenvalue weighted by Crippen LogP contribution is -2.28. The summed E-state index contributed by atoms with van der Waals surface area (Å²) in [5, 5.41) is 17.7. The predicted octanol–water partition coefficient (Wildman–Crippen LogP) is 1.19. The van der Waals surface area contributed by atoms with E-state index in [0.29, 0.717) is 5.69 Å². The third kappa shape index (κ3) is 2.46. The number of hydrogen-bond donors (Lipinski definition) is 2. The maximum absolute atomic E-state index is 12.0. The molecule has 20 heavy (non-hydrogen) atoms. The zero-order valence-electron chi connectivity index (χ0n) is 10.5. The first kappa shape index (κ1) is 13.6. The summed E-state index contributed by atoms with van der Waals surface area (Å²) in [5.41, 5.74) is -0.459. The third-order valence-corrected chi connectivity index (χ3v) is 2.81. The Morgan fingerprint density at radius 1 is 1.15 bits per heavy atom. The standard InChI is InChI=1S/C13H11NO6/c1-7-2-4-9(12(16)17)11(15)14(7)6-8-3-5-10(20-8)13(18)19/h2-5H,6H2,1H3,(H,16,17)(H,18,19). The Kier molecular flexibility index (Phi) is 3.43. The Labute approximate surface area is 112 Å². The van der Waals surface area contributed by atoms with Gasteiger partial charge in [-0.3, -0.25) is 4.79 Å². The van der Waals surface area contributed by atoms with Gasteiger partial charge in [-0.15, -0.1) is 0 Å². The molecule has 7 heteroatoms. The van der Waals surface area contributed by atoms with Gasteiger partial charge >= 0.3 is 11.9 Å². The molecular formula is C13H11NO6. The first-order chi connectivity index (χ1) is 9.40. The molecule has 104 valence electrons. The van der Waals surface area contributed by atoms with Gasteiger partial charge in [0, 0.05) is 5.69 Å². The van der Waals surface area contributed by atoms with E-state index in [1.165, 1.54) is 28.8 Å². The van der Waals surface area contributed by atoms with Gasteiger partial charge in [-0.2, -0.15) is 0 Å². The fourth-order valence-electron chi connectivity index (χ4n) is 1.76. The van der Waals surface area contributed by atoms with Crippen LogP contribution in [0, 0.1) is 6.92 Å². The van der Waals surface area contributed by atoms with E-state index in [1.54, 1.807) is 6.92 Å². The van der Waals surface area contributed by atoms with Crippen LogP contribution >= 0.6 is 0 Å². The number of carboxylic acid groups (broad SMARTS) is 2. The quantitative estimate of drug-likeness (QED) is 0.868. The van der Waals surface area contributed by atoms with Gasteiger partial charge in [0.15, 0.2) is 0 Å². The van der Waals surface area contributed by atoms with Crippen LogP contribution < -0.4 is 5.56 Å². The van der Waals surface area contributed by atoms with Crippen LogP contribution in [0.2, 0.25) is 0 Å². The van der Waals surface area contributed by atoms with E-state index in [2.05, 4.69) is 0 Å². The molecule has 0 aliphatic carbocycles. The number of aryl methyl sites for hydroxylation is 1. The average Bonchev–Trinajstić information content (AvgIpc) is 2.82. The molecule has 2 N–H and O–H groups in total. The molecular weight excluding hydrogens is 266 g/mol. The highest BCUT2D eigenvalue weighted by Gasteiger charge is 2.15. The van der Waals surface area contributed by atoms with E-state index >= 15 is 0 Å². The highest BCUT2D eigenvalue weighted by atomic mass is 16.4. The molecule has 0 saturated carbocycles. The van der Waals surface area contributed by atoms with Gasteiger partial charge in [-0.25, -0.2) is 9.59 Å². The monoisotopic (exact) mass is 277 g/mol. The highest BCUT2D eigenvalue weighted by Crippen LogP contribution is 2.10. The Bertz CT molecular complexity index is 740. The molecule has 0 aliphatic heterocycles. The largest absolute Gasteiger partial charge is 0.477 e. The lowest BCUT2D eigenvalue weighted by Gasteiger charge is -2.08. The van der Waals surface area contributed by atoms with E-state index in [4.69, 9.17) is 14.6 Å². The van der Waals surface area contributed by atoms with Gasteiger partial charge in [0.25, 0.3) is 5.56 Å². The Hall–Kier alpha value is -2.83. The zero-order valence-corrected chi connectivity index (χ0v) is 10.5. The van der Waals surface area contributed by atoms with Crippen molar-refractivity contribution in [1.82, 2.24) is 4.57 Å². The van der Waals surface area contributed by atoms with Crippen molar-refractivity contribution in [2.24, 2.45) is 0 Å². The van der Waals surface area contributed by atoms with Crippen LogP contribution in [-0.2, 0) is 6.54 Å². The molecule has 0 atom stereocenters. The zero-order chi connectivity index (χ0) is 14.9. The number of pyridine rings is 1. The number of nitrogens with zero attached hydrogens (tertiary/aromatic N) is 1. The number of furan rings is 1. The summed E-state index contributed by atoms with van der Waals surface area (Å²) in [6.07, 6.45) is 0. The molecule has 0 fully saturated rings. The normalized spacial score (nSPS) is 10.4. The second-order valence-corrected chi connectivity index (χ2v) is 4.16. The summed E-state index contributed by atoms with van der Waals surface area (Å²) in [6.45, 7) is 1.62. The number of carbonyl (C=O) groups is 2. The molecule has 0 bridgehead atoms. The van der Waals surface area contributed by atoms with E-state index in [0.717, 1.165) is 0 Å². The molecule has 0 amide bonds. The molecule has 0 spiro atoms. The summed E-state index contributed by atoms with van der Waals surface area (Å²) in [5.74, 6) is -2.50. The average molecular weight is 277 g/mol. The molecule has 2 aromatic heterocycles. The maximum atomic E-state index is 12.0. The molecule has 0 saturated heterocycles. The van der Waals surface area contributed by atoms with Crippen molar-refractivity contribution < 1.29 is 24.2 Å². The number of aromatic nitrogens is 1. The molecule has 0 aliphatic rings. The fourth-order valence-corrected chi connectivity index (χ4v) is 1.76. The number of carboxylic acids is 2. The maximum Gasteiger partial charge on any atom is 0.371 e. The van der Waals surface area contributed by atoms with Crippen LogP contribution in [0.15, 0.2) is 33.5 Å². The van der Waals surface area contributed by atoms with Crippen LogP contribution in [0.3, 0.4) is 0 Å². The van der Waals surface area contributed by atoms with E-state index in [-0.39, 0.29) is 23.6 Å². The van der Waals surface area contributed by atoms with Crippen LogP contribution in [0.1, 0.15) is 32.4 Å². The molecule has 0 unspecified atom stereocenters. The Balaban J connectivity index is 2.42. The number of hydrogen-bond acceptors (Lipinski definition) is 4. The smallest absolute Gasteiger partial charge is 0.371 e. The minimum atomic E-state index is -1.31. The minimum Gasteiger partial charge on any atom is -0.477 e. The van der Waals surface area contributed by atoms with Crippen molar-refractivity contribution in [2.45, 2.75) is 13.5 Å². The van der Waals surface area contributed by atoms with Gasteiger partial charge in [0.1, 0.15) is 11.3 Å². The van der Waals surface area contributed by atoms with Gasteiger partial charge in [0.05, 0.1) is 6.54 Å². The van der Waals surface area contributed by atoms with Crippen molar-refractivity contribution in [3.8, 4) is 0 Å². The molecule has 7 nitrogen and oxygen atoms in total. The van der Waals surface area contributed by atoms with Gasteiger partial charge < -0.3 is 19.2 Å². The second kappa shape index (κ2) is 5.04. The van der Waals surface area contributed by atoms with Crippen LogP contribution in [0.25, 0.3) is 0 Å². The number of aromatic carboxylic acids is 2. The lowest BCUT2D eigenvalue weighted by molar-refractivity contribution is 0.0658. The molecule has 0 radical (unpaired) electrons. The van der Waals surface area contributed by atoms with E-state index < -0.39 is 17.5 Å². The van der Waals surface area contributed by atoms with Crippen molar-refractivity contribution in [3.05, 3.63) is 57.4 Å². The molecule has 2 aromatic rings. The van der Waals surface area contributed by atoms with Crippen LogP contribution in [0.5, 0.6) is 0 Å². The van der Waals surface area contributed by atoms with Crippen molar-refractivity contribution in [1.29, 1.82) is 0 Å². The SMILES string of the molecule is Cc1ccc(C(=O)O)c(=O)n1Cc1ccc(C(=O)O)o1. The highest BCUT2D eigenvalue weighted by molar-refractivity contribution is 5.87. The molecule has 0 aromatic carbocycles. The minimum absolute atomic E-state index is 0.0287. The predicted molar refractivity (Wildman–Crippen MR) is 67.2 cm³/mol. The summed E-state index contributed by atoms with van der Waals surface area (Å²) < 4.78 is 6.27. The summed E-state index contributed by atoms with van der Waals surface area (Å²) in [7, 11) is 0. The van der Waals surface area contributed by atoms with Crippen molar-refractivity contribution in [2.75, 3.05) is 0 Å². The molecule has 2 rings (SSSR count). The van der Waals surface area contributed by atoms with Gasteiger partial charge in [-0.05, 0) is 31.2 Å². The molecule has 2 heterocycles. The topological polar surface area (TPSA) is 110 Å². The summed E-state index contributed by atoms with van der Waals surface area (Å²) in [4.78, 5) is 33.6. The third-order valence-electron chi connectivity index (χ3n) is 2.81. The first-order valence-corrected chi connectivity index (χ1v) is 5.66. The summed E-state index contributed by atoms with van der Waals surface area (Å²) in [6, 6.07) is 5.45. The van der Waals surface area contributed by atoms with Gasteiger partial charge in [0.2, 0.25) is 5.76 Å². The van der Waals surface area contributed by atoms with Gasteiger partial charge in [-0.1, -0.05) is 0 Å². The second-order valence-electron chi connectivity index (χ2n) is 4.16. The van der Waals surface area contributed by atoms with E-state index in [9.17, 15) is 14.4 Å². The Morgan fingerprint density at radius 3 is 2.40 bits per heavy atom. The van der Waals surface area contributed by atoms with Crippen molar-refractivity contribution >= 4 is 11.9 Å². The van der Waals surface area contributed by atoms with Crippen LogP contribution in [-0.4, -0.2) is 26.7 Å². The lowest BCUT2D eigenvalue weighted by atomic mass is 10.2. The summed E-state index contributed by atoms with van der Waals surface area (Å²) >= 11 is 0. The van der Waals surface area contributed by atoms with Crippen molar-refractivity contribution in [3.63, 3.8) is 0 Å².